The van der Waals surface area contributed by atoms with E-state index in [4.69, 9.17) is 5.26 Å². The first kappa shape index (κ1) is 12.6. The molecule has 0 spiro atoms. The molecule has 1 rings (SSSR count). The third-order valence-corrected chi connectivity index (χ3v) is 5.89. The second kappa shape index (κ2) is 5.05. The second-order valence-corrected chi connectivity index (χ2v) is 7.13. The quantitative estimate of drug-likeness (QED) is 0.688. The summed E-state index contributed by atoms with van der Waals surface area (Å²) < 4.78 is 36.1. The van der Waals surface area contributed by atoms with Gasteiger partial charge in [-0.2, -0.15) is 9.57 Å². The van der Waals surface area contributed by atoms with Crippen LogP contribution in [0.4, 0.5) is 0 Å². The molecule has 1 unspecified atom stereocenters. The molecule has 1 aliphatic rings. The van der Waals surface area contributed by atoms with Crippen molar-refractivity contribution in [1.29, 1.82) is 5.26 Å². The normalized spacial score (nSPS) is 22.1. The van der Waals surface area contributed by atoms with Crippen molar-refractivity contribution in [2.75, 3.05) is 24.6 Å². The molecule has 1 fully saturated rings. The lowest BCUT2D eigenvalue weighted by Crippen LogP contribution is -2.45. The van der Waals surface area contributed by atoms with Crippen molar-refractivity contribution in [2.45, 2.75) is 18.6 Å². The van der Waals surface area contributed by atoms with E-state index >= 15 is 0 Å². The van der Waals surface area contributed by atoms with Gasteiger partial charge < -0.3 is 0 Å². The van der Waals surface area contributed by atoms with Gasteiger partial charge in [0.25, 0.3) is 0 Å². The zero-order valence-electron chi connectivity index (χ0n) is 8.55. The lowest BCUT2D eigenvalue weighted by molar-refractivity contribution is 0.433. The third-order valence-electron chi connectivity index (χ3n) is 2.37. The molecule has 0 bridgehead atoms. The van der Waals surface area contributed by atoms with Gasteiger partial charge in [-0.15, -0.1) is 0 Å². The molecule has 1 saturated heterocycles. The number of rotatable bonds is 3. The van der Waals surface area contributed by atoms with Gasteiger partial charge >= 0.3 is 0 Å². The van der Waals surface area contributed by atoms with E-state index in [2.05, 4.69) is 0 Å². The van der Waals surface area contributed by atoms with E-state index in [0.29, 0.717) is 17.9 Å². The van der Waals surface area contributed by atoms with Gasteiger partial charge in [-0.3, -0.25) is 4.21 Å². The average molecular weight is 250 g/mol. The molecule has 0 aromatic heterocycles. The Balaban J connectivity index is 2.79. The van der Waals surface area contributed by atoms with Gasteiger partial charge in [0.2, 0.25) is 10.0 Å². The maximum atomic E-state index is 11.9. The molecule has 0 saturated carbocycles. The maximum absolute atomic E-state index is 11.9. The van der Waals surface area contributed by atoms with Crippen molar-refractivity contribution in [1.82, 2.24) is 4.31 Å². The average Bonchev–Trinajstić information content (AvgIpc) is 2.19. The summed E-state index contributed by atoms with van der Waals surface area (Å²) >= 11 is 0. The molecule has 0 N–H and O–H groups in total. The Hall–Kier alpha value is -0.450. The Labute approximate surface area is 92.6 Å². The monoisotopic (exact) mass is 250 g/mol. The fourth-order valence-corrected chi connectivity index (χ4v) is 4.31. The number of nitrogens with zero attached hydrogens (tertiary/aromatic N) is 2. The summed E-state index contributed by atoms with van der Waals surface area (Å²) in [6, 6.07) is 1.80. The van der Waals surface area contributed by atoms with Crippen LogP contribution in [0.15, 0.2) is 0 Å². The SMILES string of the molecule is CCC(C#N)S(=O)(=O)N1CCS(=O)CC1. The van der Waals surface area contributed by atoms with Gasteiger partial charge in [0.15, 0.2) is 5.25 Å². The van der Waals surface area contributed by atoms with E-state index in [9.17, 15) is 12.6 Å². The first-order valence-electron chi connectivity index (χ1n) is 4.76. The topological polar surface area (TPSA) is 78.2 Å². The van der Waals surface area contributed by atoms with Crippen molar-refractivity contribution in [2.24, 2.45) is 0 Å². The van der Waals surface area contributed by atoms with Crippen LogP contribution in [0.25, 0.3) is 0 Å². The molecule has 1 atom stereocenters. The molecule has 86 valence electrons. The number of sulfonamides is 1. The van der Waals surface area contributed by atoms with Crippen LogP contribution < -0.4 is 0 Å². The van der Waals surface area contributed by atoms with Crippen molar-refractivity contribution in [3.63, 3.8) is 0 Å². The van der Waals surface area contributed by atoms with Gasteiger partial charge in [0, 0.05) is 35.4 Å². The fraction of sp³-hybridized carbons (Fsp3) is 0.875. The Bertz CT molecular complexity index is 375. The second-order valence-electron chi connectivity index (χ2n) is 3.32. The Morgan fingerprint density at radius 3 is 2.40 bits per heavy atom. The molecule has 0 aromatic rings. The summed E-state index contributed by atoms with van der Waals surface area (Å²) in [6.07, 6.45) is 0.290. The predicted molar refractivity (Wildman–Crippen MR) is 58.1 cm³/mol. The molecular formula is C8H14N2O3S2. The third kappa shape index (κ3) is 2.77. The van der Waals surface area contributed by atoms with Crippen LogP contribution in [0.3, 0.4) is 0 Å². The van der Waals surface area contributed by atoms with Gasteiger partial charge in [0.1, 0.15) is 0 Å². The van der Waals surface area contributed by atoms with Gasteiger partial charge in [0.05, 0.1) is 6.07 Å². The van der Waals surface area contributed by atoms with Crippen molar-refractivity contribution < 1.29 is 12.6 Å². The fourth-order valence-electron chi connectivity index (χ4n) is 1.42. The van der Waals surface area contributed by atoms with E-state index in [1.165, 1.54) is 4.31 Å². The summed E-state index contributed by atoms with van der Waals surface area (Å²) in [6.45, 7) is 2.22. The van der Waals surface area contributed by atoms with E-state index < -0.39 is 26.1 Å². The standard InChI is InChI=1S/C8H14N2O3S2/c1-2-8(7-9)15(12,13)10-3-5-14(11)6-4-10/h8H,2-6H2,1H3. The van der Waals surface area contributed by atoms with Crippen molar-refractivity contribution in [3.05, 3.63) is 0 Å². The predicted octanol–water partition coefficient (Wildman–Crippen LogP) is -0.317. The number of hydrogen-bond donors (Lipinski definition) is 0. The molecule has 15 heavy (non-hydrogen) atoms. The van der Waals surface area contributed by atoms with Crippen LogP contribution in [0.2, 0.25) is 0 Å². The molecule has 5 nitrogen and oxygen atoms in total. The highest BCUT2D eigenvalue weighted by Gasteiger charge is 2.32. The number of nitriles is 1. The van der Waals surface area contributed by atoms with E-state index in [1.807, 2.05) is 0 Å². The smallest absolute Gasteiger partial charge is 0.230 e. The van der Waals surface area contributed by atoms with Crippen molar-refractivity contribution in [3.8, 4) is 6.07 Å². The zero-order chi connectivity index (χ0) is 11.5. The number of hydrogen-bond acceptors (Lipinski definition) is 4. The van der Waals surface area contributed by atoms with Gasteiger partial charge in [-0.05, 0) is 6.42 Å². The van der Waals surface area contributed by atoms with Gasteiger partial charge in [-0.25, -0.2) is 8.42 Å². The molecule has 0 radical (unpaired) electrons. The largest absolute Gasteiger partial charge is 0.259 e. The van der Waals surface area contributed by atoms with E-state index in [0.717, 1.165) is 0 Å². The Morgan fingerprint density at radius 2 is 2.00 bits per heavy atom. The molecule has 0 aliphatic carbocycles. The summed E-state index contributed by atoms with van der Waals surface area (Å²) in [5, 5.41) is 7.76. The maximum Gasteiger partial charge on any atom is 0.230 e. The summed E-state index contributed by atoms with van der Waals surface area (Å²) in [5.74, 6) is 0.752. The zero-order valence-corrected chi connectivity index (χ0v) is 10.2. The minimum Gasteiger partial charge on any atom is -0.259 e. The van der Waals surface area contributed by atoms with Crippen LogP contribution in [0.5, 0.6) is 0 Å². The minimum absolute atomic E-state index is 0.271. The van der Waals surface area contributed by atoms with Crippen LogP contribution in [-0.2, 0) is 20.8 Å². The van der Waals surface area contributed by atoms with Crippen LogP contribution in [0, 0.1) is 11.3 Å². The molecule has 7 heteroatoms. The molecule has 0 amide bonds. The van der Waals surface area contributed by atoms with E-state index in [1.54, 1.807) is 13.0 Å². The summed E-state index contributed by atoms with van der Waals surface area (Å²) in [7, 11) is -4.41. The highest BCUT2D eigenvalue weighted by Crippen LogP contribution is 2.14. The summed E-state index contributed by atoms with van der Waals surface area (Å²) in [4.78, 5) is 0. The van der Waals surface area contributed by atoms with Crippen LogP contribution in [-0.4, -0.2) is 46.8 Å². The van der Waals surface area contributed by atoms with Crippen LogP contribution in [0.1, 0.15) is 13.3 Å². The lowest BCUT2D eigenvalue weighted by Gasteiger charge is -2.27. The minimum atomic E-state index is -3.51. The van der Waals surface area contributed by atoms with Crippen molar-refractivity contribution >= 4 is 20.8 Å². The van der Waals surface area contributed by atoms with E-state index in [-0.39, 0.29) is 13.1 Å². The summed E-state index contributed by atoms with van der Waals surface area (Å²) in [5.41, 5.74) is 0. The molecular weight excluding hydrogens is 236 g/mol. The Kier molecular flexibility index (Phi) is 4.25. The molecule has 1 aliphatic heterocycles. The molecule has 0 aromatic carbocycles. The first-order chi connectivity index (χ1) is 7.02. The molecule has 1 heterocycles. The lowest BCUT2D eigenvalue weighted by atomic mass is 10.4. The van der Waals surface area contributed by atoms with Crippen LogP contribution >= 0.6 is 0 Å². The Morgan fingerprint density at radius 1 is 1.47 bits per heavy atom. The first-order valence-corrected chi connectivity index (χ1v) is 7.75. The highest BCUT2D eigenvalue weighted by atomic mass is 32.2. The van der Waals surface area contributed by atoms with Gasteiger partial charge in [-0.1, -0.05) is 6.92 Å². The highest BCUT2D eigenvalue weighted by molar-refractivity contribution is 7.90.